The summed E-state index contributed by atoms with van der Waals surface area (Å²) in [4.78, 5) is 22.8. The summed E-state index contributed by atoms with van der Waals surface area (Å²) in [5.41, 5.74) is 1.01. The van der Waals surface area contributed by atoms with Crippen LogP contribution in [-0.4, -0.2) is 17.9 Å². The number of carbonyl (C=O) groups is 2. The van der Waals surface area contributed by atoms with Gasteiger partial charge < -0.3 is 10.6 Å². The Morgan fingerprint density at radius 1 is 1.19 bits per heavy atom. The Morgan fingerprint density at radius 2 is 1.81 bits per heavy atom. The molecular weight excluding hydrogens is 204 g/mol. The zero-order chi connectivity index (χ0) is 12.1. The molecule has 2 amide bonds. The quantitative estimate of drug-likeness (QED) is 0.815. The first-order valence-corrected chi connectivity index (χ1v) is 5.18. The van der Waals surface area contributed by atoms with Gasteiger partial charge in [0, 0.05) is 13.0 Å². The number of rotatable bonds is 3. The second-order valence-electron chi connectivity index (χ2n) is 3.85. The normalized spacial score (nSPS) is 10.0. The number of hydrogen-bond donors (Lipinski definition) is 2. The van der Waals surface area contributed by atoms with Crippen molar-refractivity contribution in [2.45, 2.75) is 26.8 Å². The molecule has 0 aliphatic rings. The minimum absolute atomic E-state index is 0.0675. The summed E-state index contributed by atoms with van der Waals surface area (Å²) in [5.74, 6) is -0.371. The van der Waals surface area contributed by atoms with E-state index in [2.05, 4.69) is 10.6 Å². The molecule has 0 aliphatic carbocycles. The molecule has 1 aromatic carbocycles. The average Bonchev–Trinajstić information content (AvgIpc) is 2.16. The maximum Gasteiger partial charge on any atom is 0.253 e. The Hall–Kier alpha value is -1.84. The first-order chi connectivity index (χ1) is 7.50. The zero-order valence-electron chi connectivity index (χ0n) is 9.70. The van der Waals surface area contributed by atoms with Gasteiger partial charge in [-0.2, -0.15) is 0 Å². The molecule has 4 nitrogen and oxygen atoms in total. The van der Waals surface area contributed by atoms with Crippen LogP contribution in [-0.2, 0) is 4.79 Å². The minimum atomic E-state index is -0.190. The van der Waals surface area contributed by atoms with Crippen LogP contribution in [0.1, 0.15) is 31.1 Å². The van der Waals surface area contributed by atoms with E-state index in [0.29, 0.717) is 11.3 Å². The number of para-hydroxylation sites is 1. The summed E-state index contributed by atoms with van der Waals surface area (Å²) < 4.78 is 0. The predicted octanol–water partition coefficient (Wildman–Crippen LogP) is 1.78. The Kier molecular flexibility index (Phi) is 4.05. The predicted molar refractivity (Wildman–Crippen MR) is 63.3 cm³/mol. The Morgan fingerprint density at radius 3 is 2.38 bits per heavy atom. The van der Waals surface area contributed by atoms with E-state index in [-0.39, 0.29) is 17.9 Å². The van der Waals surface area contributed by atoms with Gasteiger partial charge in [0.2, 0.25) is 5.91 Å². The van der Waals surface area contributed by atoms with Gasteiger partial charge in [-0.3, -0.25) is 9.59 Å². The number of anilines is 1. The van der Waals surface area contributed by atoms with Crippen molar-refractivity contribution >= 4 is 17.5 Å². The van der Waals surface area contributed by atoms with E-state index in [9.17, 15) is 9.59 Å². The molecule has 4 heteroatoms. The van der Waals surface area contributed by atoms with E-state index in [1.54, 1.807) is 24.3 Å². The first-order valence-electron chi connectivity index (χ1n) is 5.18. The fourth-order valence-corrected chi connectivity index (χ4v) is 1.32. The van der Waals surface area contributed by atoms with Crippen molar-refractivity contribution in [1.82, 2.24) is 5.32 Å². The fourth-order valence-electron chi connectivity index (χ4n) is 1.32. The van der Waals surface area contributed by atoms with Gasteiger partial charge >= 0.3 is 0 Å². The minimum Gasteiger partial charge on any atom is -0.350 e. The molecule has 1 aromatic rings. The highest BCUT2D eigenvalue weighted by atomic mass is 16.2. The third kappa shape index (κ3) is 3.38. The molecule has 0 aromatic heterocycles. The van der Waals surface area contributed by atoms with Gasteiger partial charge in [-0.25, -0.2) is 0 Å². The monoisotopic (exact) mass is 220 g/mol. The van der Waals surface area contributed by atoms with Gasteiger partial charge in [-0.1, -0.05) is 12.1 Å². The second-order valence-corrected chi connectivity index (χ2v) is 3.85. The molecule has 0 heterocycles. The number of benzene rings is 1. The van der Waals surface area contributed by atoms with Crippen LogP contribution in [0.15, 0.2) is 24.3 Å². The van der Waals surface area contributed by atoms with E-state index in [1.807, 2.05) is 13.8 Å². The Balaban J connectivity index is 2.94. The van der Waals surface area contributed by atoms with E-state index in [4.69, 9.17) is 0 Å². The highest BCUT2D eigenvalue weighted by Gasteiger charge is 2.11. The molecule has 0 saturated heterocycles. The van der Waals surface area contributed by atoms with Crippen LogP contribution in [0.5, 0.6) is 0 Å². The first kappa shape index (κ1) is 12.2. The molecule has 0 unspecified atom stereocenters. The lowest BCUT2D eigenvalue weighted by Gasteiger charge is -2.12. The molecule has 86 valence electrons. The fraction of sp³-hybridized carbons (Fsp3) is 0.333. The van der Waals surface area contributed by atoms with Gasteiger partial charge in [0.1, 0.15) is 0 Å². The van der Waals surface area contributed by atoms with Crippen LogP contribution >= 0.6 is 0 Å². The molecule has 0 spiro atoms. The molecule has 0 bridgehead atoms. The largest absolute Gasteiger partial charge is 0.350 e. The zero-order valence-corrected chi connectivity index (χ0v) is 9.70. The van der Waals surface area contributed by atoms with Gasteiger partial charge in [-0.05, 0) is 26.0 Å². The molecule has 0 fully saturated rings. The van der Waals surface area contributed by atoms with Crippen molar-refractivity contribution < 1.29 is 9.59 Å². The van der Waals surface area contributed by atoms with Crippen LogP contribution in [0, 0.1) is 0 Å². The molecule has 0 radical (unpaired) electrons. The lowest BCUT2D eigenvalue weighted by molar-refractivity contribution is -0.114. The summed E-state index contributed by atoms with van der Waals surface area (Å²) >= 11 is 0. The van der Waals surface area contributed by atoms with Crippen molar-refractivity contribution in [3.05, 3.63) is 29.8 Å². The Labute approximate surface area is 95.0 Å². The summed E-state index contributed by atoms with van der Waals surface area (Å²) in [6.07, 6.45) is 0. The molecule has 0 aliphatic heterocycles. The summed E-state index contributed by atoms with van der Waals surface area (Å²) in [5, 5.41) is 5.41. The lowest BCUT2D eigenvalue weighted by Crippen LogP contribution is -2.30. The SMILES string of the molecule is CC(=O)Nc1ccccc1C(=O)NC(C)C. The van der Waals surface area contributed by atoms with Crippen molar-refractivity contribution in [1.29, 1.82) is 0 Å². The van der Waals surface area contributed by atoms with Gasteiger partial charge in [0.05, 0.1) is 11.3 Å². The van der Waals surface area contributed by atoms with Crippen molar-refractivity contribution in [3.8, 4) is 0 Å². The van der Waals surface area contributed by atoms with Crippen LogP contribution in [0.3, 0.4) is 0 Å². The highest BCUT2D eigenvalue weighted by Crippen LogP contribution is 2.14. The maximum absolute atomic E-state index is 11.8. The summed E-state index contributed by atoms with van der Waals surface area (Å²) in [6, 6.07) is 7.00. The third-order valence-corrected chi connectivity index (χ3v) is 1.90. The molecule has 0 atom stereocenters. The molecule has 1 rings (SSSR count). The number of nitrogens with one attached hydrogen (secondary N) is 2. The van der Waals surface area contributed by atoms with Crippen LogP contribution in [0.2, 0.25) is 0 Å². The number of amides is 2. The smallest absolute Gasteiger partial charge is 0.253 e. The van der Waals surface area contributed by atoms with Gasteiger partial charge in [0.15, 0.2) is 0 Å². The molecule has 16 heavy (non-hydrogen) atoms. The van der Waals surface area contributed by atoms with Gasteiger partial charge in [0.25, 0.3) is 5.91 Å². The van der Waals surface area contributed by atoms with E-state index >= 15 is 0 Å². The third-order valence-electron chi connectivity index (χ3n) is 1.90. The van der Waals surface area contributed by atoms with Crippen molar-refractivity contribution in [3.63, 3.8) is 0 Å². The van der Waals surface area contributed by atoms with Crippen LogP contribution in [0.25, 0.3) is 0 Å². The van der Waals surface area contributed by atoms with Crippen molar-refractivity contribution in [2.24, 2.45) is 0 Å². The lowest BCUT2D eigenvalue weighted by atomic mass is 10.1. The molecule has 2 N–H and O–H groups in total. The maximum atomic E-state index is 11.8. The molecular formula is C12H16N2O2. The number of hydrogen-bond acceptors (Lipinski definition) is 2. The Bertz CT molecular complexity index is 400. The summed E-state index contributed by atoms with van der Waals surface area (Å²) in [6.45, 7) is 5.19. The highest BCUT2D eigenvalue weighted by molar-refractivity contribution is 6.03. The summed E-state index contributed by atoms with van der Waals surface area (Å²) in [7, 11) is 0. The van der Waals surface area contributed by atoms with E-state index in [1.165, 1.54) is 6.92 Å². The standard InChI is InChI=1S/C12H16N2O2/c1-8(2)13-12(16)10-6-4-5-7-11(10)14-9(3)15/h4-8H,1-3H3,(H,13,16)(H,14,15). The van der Waals surface area contributed by atoms with E-state index < -0.39 is 0 Å². The van der Waals surface area contributed by atoms with E-state index in [0.717, 1.165) is 0 Å². The van der Waals surface area contributed by atoms with Gasteiger partial charge in [-0.15, -0.1) is 0 Å². The topological polar surface area (TPSA) is 58.2 Å². The number of carbonyl (C=O) groups excluding carboxylic acids is 2. The second kappa shape index (κ2) is 5.30. The average molecular weight is 220 g/mol. The molecule has 0 saturated carbocycles. The van der Waals surface area contributed by atoms with Crippen LogP contribution < -0.4 is 10.6 Å². The van der Waals surface area contributed by atoms with Crippen LogP contribution in [0.4, 0.5) is 5.69 Å². The van der Waals surface area contributed by atoms with Crippen molar-refractivity contribution in [2.75, 3.05) is 5.32 Å².